The quantitative estimate of drug-likeness (QED) is 0.852. The Hall–Kier alpha value is -0.960. The van der Waals surface area contributed by atoms with Crippen molar-refractivity contribution >= 4 is 20.0 Å². The Morgan fingerprint density at radius 3 is 2.19 bits per heavy atom. The van der Waals surface area contributed by atoms with Crippen molar-refractivity contribution < 1.29 is 16.8 Å². The van der Waals surface area contributed by atoms with Gasteiger partial charge in [0, 0.05) is 19.1 Å². The van der Waals surface area contributed by atoms with Crippen LogP contribution in [0.3, 0.4) is 0 Å². The van der Waals surface area contributed by atoms with Gasteiger partial charge >= 0.3 is 0 Å². The lowest BCUT2D eigenvalue weighted by Gasteiger charge is -2.31. The van der Waals surface area contributed by atoms with Gasteiger partial charge in [0.15, 0.2) is 0 Å². The molecule has 1 aromatic rings. The zero-order valence-corrected chi connectivity index (χ0v) is 13.5. The van der Waals surface area contributed by atoms with Crippen LogP contribution in [-0.2, 0) is 25.8 Å². The van der Waals surface area contributed by atoms with Crippen LogP contribution < -0.4 is 4.72 Å². The van der Waals surface area contributed by atoms with Gasteiger partial charge in [-0.1, -0.05) is 30.3 Å². The lowest BCUT2D eigenvalue weighted by molar-refractivity contribution is 0.308. The third kappa shape index (κ3) is 5.06. The van der Waals surface area contributed by atoms with Gasteiger partial charge < -0.3 is 0 Å². The lowest BCUT2D eigenvalue weighted by atomic mass is 10.1. The summed E-state index contributed by atoms with van der Waals surface area (Å²) in [6.45, 7) is 0.699. The summed E-state index contributed by atoms with van der Waals surface area (Å²) in [5.41, 5.74) is 0.758. The molecule has 2 rings (SSSR count). The Bertz CT molecular complexity index is 663. The minimum Gasteiger partial charge on any atom is -0.213 e. The Morgan fingerprint density at radius 1 is 1.10 bits per heavy atom. The van der Waals surface area contributed by atoms with Crippen LogP contribution in [0.4, 0.5) is 0 Å². The number of nitrogens with zero attached hydrogens (tertiary/aromatic N) is 1. The molecule has 1 saturated heterocycles. The summed E-state index contributed by atoms with van der Waals surface area (Å²) in [7, 11) is -6.59. The highest BCUT2D eigenvalue weighted by atomic mass is 32.2. The van der Waals surface area contributed by atoms with E-state index >= 15 is 0 Å². The van der Waals surface area contributed by atoms with Crippen molar-refractivity contribution in [1.29, 1.82) is 0 Å². The van der Waals surface area contributed by atoms with Crippen molar-refractivity contribution in [2.24, 2.45) is 0 Å². The molecular formula is C13H20N2O4S2. The lowest BCUT2D eigenvalue weighted by Crippen LogP contribution is -2.46. The maximum Gasteiger partial charge on any atom is 0.218 e. The molecule has 6 nitrogen and oxygen atoms in total. The van der Waals surface area contributed by atoms with E-state index in [-0.39, 0.29) is 11.8 Å². The molecule has 0 spiro atoms. The predicted molar refractivity (Wildman–Crippen MR) is 81.6 cm³/mol. The highest BCUT2D eigenvalue weighted by molar-refractivity contribution is 7.88. The minimum atomic E-state index is -3.35. The van der Waals surface area contributed by atoms with Crippen LogP contribution in [0, 0.1) is 0 Å². The van der Waals surface area contributed by atoms with Gasteiger partial charge in [0.05, 0.1) is 12.0 Å². The first-order valence-corrected chi connectivity index (χ1v) is 10.3. The van der Waals surface area contributed by atoms with E-state index in [0.717, 1.165) is 11.8 Å². The van der Waals surface area contributed by atoms with Crippen LogP contribution >= 0.6 is 0 Å². The number of hydrogen-bond donors (Lipinski definition) is 1. The second kappa shape index (κ2) is 6.43. The minimum absolute atomic E-state index is 0.0159. The molecule has 0 amide bonds. The third-order valence-electron chi connectivity index (χ3n) is 3.42. The molecule has 0 radical (unpaired) electrons. The zero-order valence-electron chi connectivity index (χ0n) is 11.9. The van der Waals surface area contributed by atoms with Crippen LogP contribution in [-0.4, -0.2) is 46.5 Å². The molecule has 0 unspecified atom stereocenters. The van der Waals surface area contributed by atoms with Crippen molar-refractivity contribution in [3.05, 3.63) is 35.9 Å². The van der Waals surface area contributed by atoms with E-state index in [9.17, 15) is 16.8 Å². The van der Waals surface area contributed by atoms with E-state index in [1.807, 2.05) is 18.2 Å². The number of benzene rings is 1. The van der Waals surface area contributed by atoms with E-state index in [2.05, 4.69) is 4.72 Å². The van der Waals surface area contributed by atoms with Gasteiger partial charge in [0.2, 0.25) is 20.0 Å². The molecule has 0 saturated carbocycles. The number of nitrogens with one attached hydrogen (secondary N) is 1. The van der Waals surface area contributed by atoms with E-state index in [4.69, 9.17) is 0 Å². The first-order valence-electron chi connectivity index (χ1n) is 6.75. The smallest absolute Gasteiger partial charge is 0.213 e. The van der Waals surface area contributed by atoms with Gasteiger partial charge in [-0.2, -0.15) is 0 Å². The molecule has 1 heterocycles. The average Bonchev–Trinajstić information content (AvgIpc) is 2.38. The van der Waals surface area contributed by atoms with Crippen LogP contribution in [0.5, 0.6) is 0 Å². The summed E-state index contributed by atoms with van der Waals surface area (Å²) in [4.78, 5) is 0. The molecule has 8 heteroatoms. The molecule has 1 aliphatic heterocycles. The van der Waals surface area contributed by atoms with Gasteiger partial charge in [-0.05, 0) is 18.4 Å². The van der Waals surface area contributed by atoms with Crippen LogP contribution in [0.1, 0.15) is 18.4 Å². The molecule has 1 aromatic carbocycles. The second-order valence-corrected chi connectivity index (χ2v) is 9.05. The number of piperidine rings is 1. The van der Waals surface area contributed by atoms with Gasteiger partial charge in [-0.3, -0.25) is 0 Å². The summed E-state index contributed by atoms with van der Waals surface area (Å²) in [5.74, 6) is -0.0159. The molecule has 118 valence electrons. The summed E-state index contributed by atoms with van der Waals surface area (Å²) in [6, 6.07) is 8.87. The third-order valence-corrected chi connectivity index (χ3v) is 6.03. The van der Waals surface area contributed by atoms with Gasteiger partial charge in [-0.15, -0.1) is 0 Å². The van der Waals surface area contributed by atoms with Crippen molar-refractivity contribution in [3.63, 3.8) is 0 Å². The monoisotopic (exact) mass is 332 g/mol. The standard InChI is InChI=1S/C13H20N2O4S2/c1-20(16,17)14-13-7-9-15(10-8-13)21(18,19)11-12-5-3-2-4-6-12/h2-6,13-14H,7-11H2,1H3. The van der Waals surface area contributed by atoms with Crippen molar-refractivity contribution in [2.75, 3.05) is 19.3 Å². The van der Waals surface area contributed by atoms with Crippen molar-refractivity contribution in [3.8, 4) is 0 Å². The second-order valence-electron chi connectivity index (χ2n) is 5.31. The highest BCUT2D eigenvalue weighted by Crippen LogP contribution is 2.18. The summed E-state index contributed by atoms with van der Waals surface area (Å²) in [5, 5.41) is 0. The van der Waals surface area contributed by atoms with E-state index < -0.39 is 20.0 Å². The first-order chi connectivity index (χ1) is 9.76. The summed E-state index contributed by atoms with van der Waals surface area (Å²) >= 11 is 0. The Kier molecular flexibility index (Phi) is 5.03. The summed E-state index contributed by atoms with van der Waals surface area (Å²) < 4.78 is 51.0. The fourth-order valence-corrected chi connectivity index (χ4v) is 4.84. The molecule has 1 aliphatic rings. The topological polar surface area (TPSA) is 83.6 Å². The molecule has 0 aromatic heterocycles. The van der Waals surface area contributed by atoms with Crippen LogP contribution in [0.2, 0.25) is 0 Å². The number of hydrogen-bond acceptors (Lipinski definition) is 4. The predicted octanol–water partition coefficient (Wildman–Crippen LogP) is 0.530. The maximum atomic E-state index is 12.3. The van der Waals surface area contributed by atoms with Gasteiger partial charge in [0.25, 0.3) is 0 Å². The van der Waals surface area contributed by atoms with E-state index in [1.54, 1.807) is 12.1 Å². The van der Waals surface area contributed by atoms with E-state index in [0.29, 0.717) is 25.9 Å². The fraction of sp³-hybridized carbons (Fsp3) is 0.538. The SMILES string of the molecule is CS(=O)(=O)NC1CCN(S(=O)(=O)Cc2ccccc2)CC1. The molecule has 0 aliphatic carbocycles. The zero-order chi connectivity index (χ0) is 15.5. The molecule has 21 heavy (non-hydrogen) atoms. The first kappa shape index (κ1) is 16.4. The maximum absolute atomic E-state index is 12.3. The number of sulfonamides is 2. The van der Waals surface area contributed by atoms with Crippen molar-refractivity contribution in [1.82, 2.24) is 9.03 Å². The van der Waals surface area contributed by atoms with Crippen molar-refractivity contribution in [2.45, 2.75) is 24.6 Å². The molecular weight excluding hydrogens is 312 g/mol. The number of rotatable bonds is 5. The Labute approximate surface area is 126 Å². The van der Waals surface area contributed by atoms with Gasteiger partial charge in [-0.25, -0.2) is 25.9 Å². The van der Waals surface area contributed by atoms with E-state index in [1.165, 1.54) is 4.31 Å². The van der Waals surface area contributed by atoms with Gasteiger partial charge in [0.1, 0.15) is 0 Å². The average molecular weight is 332 g/mol. The van der Waals surface area contributed by atoms with Crippen LogP contribution in [0.25, 0.3) is 0 Å². The Morgan fingerprint density at radius 2 is 1.67 bits per heavy atom. The molecule has 1 N–H and O–H groups in total. The summed E-state index contributed by atoms with van der Waals surface area (Å²) in [6.07, 6.45) is 2.12. The molecule has 0 atom stereocenters. The normalized spacial score (nSPS) is 18.7. The molecule has 1 fully saturated rings. The largest absolute Gasteiger partial charge is 0.218 e. The molecule has 0 bridgehead atoms. The van der Waals surface area contributed by atoms with Crippen LogP contribution in [0.15, 0.2) is 30.3 Å². The fourth-order valence-electron chi connectivity index (χ4n) is 2.43. The Balaban J connectivity index is 1.95. The highest BCUT2D eigenvalue weighted by Gasteiger charge is 2.29.